The number of carbonyl (C=O) groups excluding carboxylic acids is 3. The van der Waals surface area contributed by atoms with Crippen LogP contribution in [0.2, 0.25) is 0 Å². The minimum atomic E-state index is -5.05. The van der Waals surface area contributed by atoms with Crippen LogP contribution < -0.4 is 0 Å². The van der Waals surface area contributed by atoms with Gasteiger partial charge in [0.1, 0.15) is 5.82 Å². The first-order valence-electron chi connectivity index (χ1n) is 15.9. The summed E-state index contributed by atoms with van der Waals surface area (Å²) in [6.07, 6.45) is -7.27. The van der Waals surface area contributed by atoms with E-state index >= 15 is 0 Å². The summed E-state index contributed by atoms with van der Waals surface area (Å²) >= 11 is 0. The minimum Gasteiger partial charge on any atom is -0.466 e. The van der Waals surface area contributed by atoms with Crippen LogP contribution in [0.1, 0.15) is 85.9 Å². The van der Waals surface area contributed by atoms with Gasteiger partial charge in [-0.25, -0.2) is 9.18 Å². The number of esters is 1. The lowest BCUT2D eigenvalue weighted by Crippen LogP contribution is -2.56. The molecular formula is C34H40F7N3O4. The average Bonchev–Trinajstić information content (AvgIpc) is 3.02. The van der Waals surface area contributed by atoms with Crippen LogP contribution in [-0.2, 0) is 26.7 Å². The van der Waals surface area contributed by atoms with Crippen molar-refractivity contribution in [2.24, 2.45) is 11.8 Å². The maximum Gasteiger partial charge on any atom is 0.416 e. The summed E-state index contributed by atoms with van der Waals surface area (Å²) < 4.78 is 100. The maximum atomic E-state index is 14.1. The number of rotatable bonds is 7. The Morgan fingerprint density at radius 3 is 2.08 bits per heavy atom. The summed E-state index contributed by atoms with van der Waals surface area (Å²) in [7, 11) is 1.29. The van der Waals surface area contributed by atoms with Gasteiger partial charge in [0, 0.05) is 39.0 Å². The topological polar surface area (TPSA) is 70.2 Å². The van der Waals surface area contributed by atoms with Gasteiger partial charge in [-0.1, -0.05) is 6.07 Å². The molecule has 3 amide bonds. The normalized spacial score (nSPS) is 21.1. The molecule has 0 spiro atoms. The molecule has 0 radical (unpaired) electrons. The summed E-state index contributed by atoms with van der Waals surface area (Å²) in [5.41, 5.74) is -2.26. The number of nitrogens with zero attached hydrogens (tertiary/aromatic N) is 3. The molecule has 4 rings (SSSR count). The van der Waals surface area contributed by atoms with Crippen LogP contribution in [0, 0.1) is 24.6 Å². The first kappa shape index (κ1) is 37.0. The second-order valence-corrected chi connectivity index (χ2v) is 12.6. The van der Waals surface area contributed by atoms with E-state index in [-0.39, 0.29) is 55.0 Å². The van der Waals surface area contributed by atoms with Crippen molar-refractivity contribution in [3.8, 4) is 0 Å². The highest BCUT2D eigenvalue weighted by Crippen LogP contribution is 2.39. The van der Waals surface area contributed by atoms with Gasteiger partial charge in [-0.3, -0.25) is 9.59 Å². The smallest absolute Gasteiger partial charge is 0.416 e. The molecular weight excluding hydrogens is 647 g/mol. The second kappa shape index (κ2) is 14.7. The van der Waals surface area contributed by atoms with Crippen molar-refractivity contribution in [1.29, 1.82) is 0 Å². The predicted molar refractivity (Wildman–Crippen MR) is 162 cm³/mol. The van der Waals surface area contributed by atoms with Gasteiger partial charge in [-0.15, -0.1) is 0 Å². The van der Waals surface area contributed by atoms with E-state index in [9.17, 15) is 45.1 Å². The zero-order valence-electron chi connectivity index (χ0n) is 27.3. The second-order valence-electron chi connectivity index (χ2n) is 12.6. The third-order valence-corrected chi connectivity index (χ3v) is 9.46. The largest absolute Gasteiger partial charge is 0.466 e. The third-order valence-electron chi connectivity index (χ3n) is 9.46. The summed E-state index contributed by atoms with van der Waals surface area (Å²) in [5.74, 6) is -1.04. The molecule has 2 fully saturated rings. The fourth-order valence-electron chi connectivity index (χ4n) is 6.63. The summed E-state index contributed by atoms with van der Waals surface area (Å²) in [4.78, 5) is 43.7. The van der Waals surface area contributed by atoms with E-state index in [0.717, 1.165) is 4.90 Å². The van der Waals surface area contributed by atoms with Crippen LogP contribution >= 0.6 is 0 Å². The Hall–Kier alpha value is -3.84. The summed E-state index contributed by atoms with van der Waals surface area (Å²) in [6.45, 7) is 5.26. The van der Waals surface area contributed by atoms with Crippen molar-refractivity contribution in [3.05, 3.63) is 70.0 Å². The van der Waals surface area contributed by atoms with Gasteiger partial charge >= 0.3 is 24.4 Å². The Morgan fingerprint density at radius 2 is 1.54 bits per heavy atom. The number of hydrogen-bond acceptors (Lipinski definition) is 4. The number of amides is 3. The number of aryl methyl sites for hydroxylation is 1. The van der Waals surface area contributed by atoms with Crippen molar-refractivity contribution >= 4 is 17.9 Å². The lowest BCUT2D eigenvalue weighted by molar-refractivity contribution is -0.145. The maximum absolute atomic E-state index is 14.1. The van der Waals surface area contributed by atoms with E-state index < -0.39 is 47.4 Å². The first-order valence-corrected chi connectivity index (χ1v) is 15.9. The highest BCUT2D eigenvalue weighted by Gasteiger charge is 2.41. The lowest BCUT2D eigenvalue weighted by atomic mass is 9.79. The molecule has 7 nitrogen and oxygen atoms in total. The van der Waals surface area contributed by atoms with Crippen LogP contribution in [0.4, 0.5) is 35.5 Å². The molecule has 0 aromatic heterocycles. The molecule has 0 N–H and O–H groups in total. The molecule has 1 aliphatic heterocycles. The van der Waals surface area contributed by atoms with E-state index in [1.165, 1.54) is 37.1 Å². The van der Waals surface area contributed by atoms with Gasteiger partial charge in [-0.2, -0.15) is 26.3 Å². The van der Waals surface area contributed by atoms with Crippen molar-refractivity contribution in [3.63, 3.8) is 0 Å². The van der Waals surface area contributed by atoms with Gasteiger partial charge in [0.05, 0.1) is 29.8 Å². The number of urea groups is 1. The van der Waals surface area contributed by atoms with Crippen LogP contribution in [0.5, 0.6) is 0 Å². The quantitative estimate of drug-likeness (QED) is 0.219. The molecule has 264 valence electrons. The van der Waals surface area contributed by atoms with Crippen molar-refractivity contribution in [2.75, 3.05) is 33.3 Å². The molecule has 1 aliphatic carbocycles. The predicted octanol–water partition coefficient (Wildman–Crippen LogP) is 7.93. The Kier molecular flexibility index (Phi) is 11.4. The standard InChI is InChI=1S/C34H40F7N3O4/c1-5-48-30(45)15-22-6-8-23(9-7-22)31(46)43-12-13-44(29(19-43)28-11-10-27(35)14-20(28)2)32(47)42(4)21(3)24-16-25(33(36,37)38)18-26(17-24)34(39,40)41/h10-11,14,16-18,21-23,29H,5-9,12-13,15,19H2,1-4H3/t21?,22?,23?,29-/m1/s1. The molecule has 48 heavy (non-hydrogen) atoms. The Morgan fingerprint density at radius 1 is 0.938 bits per heavy atom. The molecule has 1 saturated heterocycles. The zero-order valence-corrected chi connectivity index (χ0v) is 27.3. The van der Waals surface area contributed by atoms with Gasteiger partial charge in [-0.05, 0) is 99.4 Å². The summed E-state index contributed by atoms with van der Waals surface area (Å²) in [6, 6.07) is 2.63. The number of ether oxygens (including phenoxy) is 1. The Bertz CT molecular complexity index is 1460. The molecule has 1 saturated carbocycles. The van der Waals surface area contributed by atoms with E-state index in [4.69, 9.17) is 4.74 Å². The van der Waals surface area contributed by atoms with E-state index in [2.05, 4.69) is 0 Å². The summed E-state index contributed by atoms with van der Waals surface area (Å²) in [5, 5.41) is 0. The number of alkyl halides is 6. The van der Waals surface area contributed by atoms with Gasteiger partial charge < -0.3 is 19.4 Å². The van der Waals surface area contributed by atoms with E-state index in [0.29, 0.717) is 62.0 Å². The number of halogens is 7. The number of benzene rings is 2. The van der Waals surface area contributed by atoms with Crippen molar-refractivity contribution < 1.29 is 49.9 Å². The Balaban J connectivity index is 1.56. The molecule has 0 bridgehead atoms. The van der Waals surface area contributed by atoms with Gasteiger partial charge in [0.25, 0.3) is 0 Å². The monoisotopic (exact) mass is 687 g/mol. The molecule has 14 heteroatoms. The van der Waals surface area contributed by atoms with E-state index in [1.807, 2.05) is 0 Å². The number of piperazine rings is 1. The van der Waals surface area contributed by atoms with Gasteiger partial charge in [0.15, 0.2) is 0 Å². The molecule has 2 aliphatic rings. The van der Waals surface area contributed by atoms with Crippen molar-refractivity contribution in [1.82, 2.24) is 14.7 Å². The molecule has 2 atom stereocenters. The molecule has 2 aromatic carbocycles. The highest BCUT2D eigenvalue weighted by molar-refractivity contribution is 5.80. The fraction of sp³-hybridized carbons (Fsp3) is 0.559. The zero-order chi connectivity index (χ0) is 35.6. The first-order chi connectivity index (χ1) is 22.4. The minimum absolute atomic E-state index is 0.0255. The number of hydrogen-bond donors (Lipinski definition) is 0. The fourth-order valence-corrected chi connectivity index (χ4v) is 6.63. The molecule has 1 heterocycles. The lowest BCUT2D eigenvalue weighted by Gasteiger charge is -2.45. The average molecular weight is 688 g/mol. The Labute approximate surface area is 275 Å². The van der Waals surface area contributed by atoms with Crippen LogP contribution in [0.15, 0.2) is 36.4 Å². The van der Waals surface area contributed by atoms with E-state index in [1.54, 1.807) is 18.7 Å². The highest BCUT2D eigenvalue weighted by atomic mass is 19.4. The molecule has 2 aromatic rings. The third kappa shape index (κ3) is 8.59. The SMILES string of the molecule is CCOC(=O)CC1CCC(C(=O)N2CCN(C(=O)N(C)C(C)c3cc(C(F)(F)F)cc(C(F)(F)F)c3)[C@@H](c3ccc(F)cc3C)C2)CC1. The van der Waals surface area contributed by atoms with Gasteiger partial charge in [0.2, 0.25) is 5.91 Å². The van der Waals surface area contributed by atoms with Crippen LogP contribution in [-0.4, -0.2) is 65.9 Å². The van der Waals surface area contributed by atoms with Crippen molar-refractivity contribution in [2.45, 2.75) is 77.3 Å². The number of carbonyl (C=O) groups is 3. The van der Waals surface area contributed by atoms with Crippen LogP contribution in [0.3, 0.4) is 0 Å². The molecule has 1 unspecified atom stereocenters. The van der Waals surface area contributed by atoms with Crippen LogP contribution in [0.25, 0.3) is 0 Å².